The molecule has 0 unspecified atom stereocenters. The number of nitrogens with one attached hydrogen (secondary N) is 2. The summed E-state index contributed by atoms with van der Waals surface area (Å²) in [5.74, 6) is 0.171. The highest BCUT2D eigenvalue weighted by Crippen LogP contribution is 2.34. The minimum atomic E-state index is -4.84. The Morgan fingerprint density at radius 3 is 2.65 bits per heavy atom. The fourth-order valence-electron chi connectivity index (χ4n) is 2.50. The Morgan fingerprint density at radius 1 is 1.15 bits per heavy atom. The van der Waals surface area contributed by atoms with Crippen LogP contribution < -0.4 is 20.1 Å². The van der Waals surface area contributed by atoms with E-state index in [1.807, 2.05) is 0 Å². The monoisotopic (exact) mass is 388 g/mol. The van der Waals surface area contributed by atoms with Crippen LogP contribution in [-0.4, -0.2) is 35.5 Å². The van der Waals surface area contributed by atoms with Gasteiger partial charge in [-0.05, 0) is 38.1 Å². The first kappa shape index (κ1) is 18.5. The molecule has 2 heterocycles. The van der Waals surface area contributed by atoms with E-state index < -0.39 is 12.1 Å². The number of alkyl halides is 3. The van der Waals surface area contributed by atoms with E-state index >= 15 is 0 Å². The highest BCUT2D eigenvalue weighted by Gasteiger charge is 2.32. The van der Waals surface area contributed by atoms with Gasteiger partial charge >= 0.3 is 6.36 Å². The van der Waals surface area contributed by atoms with Crippen LogP contribution in [0.15, 0.2) is 30.6 Å². The number of piperidine rings is 1. The molecule has 1 aliphatic rings. The van der Waals surface area contributed by atoms with Crippen molar-refractivity contribution in [2.75, 3.05) is 18.4 Å². The van der Waals surface area contributed by atoms with Crippen LogP contribution in [-0.2, 0) is 0 Å². The molecule has 0 bridgehead atoms. The lowest BCUT2D eigenvalue weighted by atomic mass is 10.1. The van der Waals surface area contributed by atoms with Gasteiger partial charge in [-0.2, -0.15) is 0 Å². The van der Waals surface area contributed by atoms with Crippen LogP contribution in [0.4, 0.5) is 24.7 Å². The van der Waals surface area contributed by atoms with Crippen molar-refractivity contribution < 1.29 is 22.6 Å². The predicted octanol–water partition coefficient (Wildman–Crippen LogP) is 3.90. The first-order valence-electron chi connectivity index (χ1n) is 7.91. The van der Waals surface area contributed by atoms with E-state index in [-0.39, 0.29) is 22.6 Å². The summed E-state index contributed by atoms with van der Waals surface area (Å²) in [6.45, 7) is 1.73. The SMILES string of the molecule is FC(F)(F)Oc1cc(Cl)ccc1Nc1cc(OC2CCNCC2)ncn1. The second kappa shape index (κ2) is 7.96. The molecule has 1 aromatic heterocycles. The van der Waals surface area contributed by atoms with Gasteiger partial charge in [0.15, 0.2) is 5.75 Å². The number of ether oxygens (including phenoxy) is 2. The van der Waals surface area contributed by atoms with Gasteiger partial charge in [0, 0.05) is 17.2 Å². The van der Waals surface area contributed by atoms with E-state index in [2.05, 4.69) is 25.3 Å². The molecule has 1 aromatic carbocycles. The first-order chi connectivity index (χ1) is 12.4. The number of hydrogen-bond donors (Lipinski definition) is 2. The van der Waals surface area contributed by atoms with Gasteiger partial charge in [-0.1, -0.05) is 11.6 Å². The quantitative estimate of drug-likeness (QED) is 0.809. The van der Waals surface area contributed by atoms with Gasteiger partial charge in [-0.25, -0.2) is 9.97 Å². The fraction of sp³-hybridized carbons (Fsp3) is 0.375. The third-order valence-corrected chi connectivity index (χ3v) is 3.88. The molecule has 0 atom stereocenters. The highest BCUT2D eigenvalue weighted by molar-refractivity contribution is 6.30. The van der Waals surface area contributed by atoms with E-state index in [4.69, 9.17) is 16.3 Å². The van der Waals surface area contributed by atoms with Gasteiger partial charge in [0.1, 0.15) is 18.2 Å². The number of rotatable bonds is 5. The summed E-state index contributed by atoms with van der Waals surface area (Å²) in [5.41, 5.74) is 0.0678. The summed E-state index contributed by atoms with van der Waals surface area (Å²) in [7, 11) is 0. The van der Waals surface area contributed by atoms with E-state index in [9.17, 15) is 13.2 Å². The maximum Gasteiger partial charge on any atom is 0.573 e. The molecule has 1 aliphatic heterocycles. The average molecular weight is 389 g/mol. The molecule has 6 nitrogen and oxygen atoms in total. The second-order valence-electron chi connectivity index (χ2n) is 5.62. The molecule has 0 spiro atoms. The van der Waals surface area contributed by atoms with Gasteiger partial charge in [0.2, 0.25) is 5.88 Å². The summed E-state index contributed by atoms with van der Waals surface area (Å²) >= 11 is 5.76. The van der Waals surface area contributed by atoms with Crippen molar-refractivity contribution in [2.24, 2.45) is 0 Å². The van der Waals surface area contributed by atoms with E-state index in [0.29, 0.717) is 5.88 Å². The number of hydrogen-bond acceptors (Lipinski definition) is 6. The molecule has 3 rings (SSSR count). The van der Waals surface area contributed by atoms with Crippen LogP contribution in [0.3, 0.4) is 0 Å². The van der Waals surface area contributed by atoms with E-state index in [0.717, 1.165) is 32.0 Å². The van der Waals surface area contributed by atoms with E-state index in [1.165, 1.54) is 24.5 Å². The van der Waals surface area contributed by atoms with Crippen molar-refractivity contribution in [3.8, 4) is 11.6 Å². The third-order valence-electron chi connectivity index (χ3n) is 3.65. The standard InChI is InChI=1S/C16H16ClF3N4O2/c17-10-1-2-12(13(7-10)26-16(18,19)20)24-14-8-15(23-9-22-14)25-11-3-5-21-6-4-11/h1-2,7-9,11,21H,3-6H2,(H,22,23,24). The van der Waals surface area contributed by atoms with Crippen molar-refractivity contribution in [3.63, 3.8) is 0 Å². The van der Waals surface area contributed by atoms with Gasteiger partial charge in [-0.15, -0.1) is 13.2 Å². The van der Waals surface area contributed by atoms with Crippen molar-refractivity contribution in [2.45, 2.75) is 25.3 Å². The smallest absolute Gasteiger partial charge is 0.474 e. The minimum absolute atomic E-state index is 0.0404. The van der Waals surface area contributed by atoms with Gasteiger partial charge in [-0.3, -0.25) is 0 Å². The molecule has 0 radical (unpaired) electrons. The largest absolute Gasteiger partial charge is 0.573 e. The summed E-state index contributed by atoms with van der Waals surface area (Å²) < 4.78 is 47.5. The Labute approximate surface area is 152 Å². The van der Waals surface area contributed by atoms with Crippen molar-refractivity contribution in [3.05, 3.63) is 35.6 Å². The van der Waals surface area contributed by atoms with Crippen molar-refractivity contribution in [1.82, 2.24) is 15.3 Å². The van der Waals surface area contributed by atoms with Crippen LogP contribution in [0, 0.1) is 0 Å². The maximum absolute atomic E-state index is 12.6. The molecule has 26 heavy (non-hydrogen) atoms. The molecule has 10 heteroatoms. The Morgan fingerprint density at radius 2 is 1.92 bits per heavy atom. The first-order valence-corrected chi connectivity index (χ1v) is 8.28. The highest BCUT2D eigenvalue weighted by atomic mass is 35.5. The molecular weight excluding hydrogens is 373 g/mol. The third kappa shape index (κ3) is 5.37. The number of halogens is 4. The number of aromatic nitrogens is 2. The Bertz CT molecular complexity index is 755. The summed E-state index contributed by atoms with van der Waals surface area (Å²) in [5, 5.41) is 6.12. The lowest BCUT2D eigenvalue weighted by Gasteiger charge is -2.23. The van der Waals surface area contributed by atoms with Crippen molar-refractivity contribution >= 4 is 23.1 Å². The minimum Gasteiger partial charge on any atom is -0.474 e. The number of nitrogens with zero attached hydrogens (tertiary/aromatic N) is 2. The topological polar surface area (TPSA) is 68.3 Å². The Balaban J connectivity index is 1.75. The van der Waals surface area contributed by atoms with Crippen LogP contribution in [0.2, 0.25) is 5.02 Å². The molecule has 2 aromatic rings. The molecule has 0 saturated carbocycles. The molecule has 1 saturated heterocycles. The van der Waals surface area contributed by atoms with Gasteiger partial charge in [0.05, 0.1) is 5.69 Å². The van der Waals surface area contributed by atoms with Gasteiger partial charge < -0.3 is 20.1 Å². The molecule has 1 fully saturated rings. The van der Waals surface area contributed by atoms with Crippen LogP contribution in [0.5, 0.6) is 11.6 Å². The van der Waals surface area contributed by atoms with Gasteiger partial charge in [0.25, 0.3) is 0 Å². The molecule has 0 amide bonds. The zero-order chi connectivity index (χ0) is 18.6. The average Bonchev–Trinajstić information content (AvgIpc) is 2.57. The second-order valence-corrected chi connectivity index (χ2v) is 6.06. The Hall–Kier alpha value is -2.26. The summed E-state index contributed by atoms with van der Waals surface area (Å²) in [6, 6.07) is 5.42. The zero-order valence-corrected chi connectivity index (χ0v) is 14.3. The van der Waals surface area contributed by atoms with Crippen LogP contribution in [0.25, 0.3) is 0 Å². The normalized spacial score (nSPS) is 15.5. The molecular formula is C16H16ClF3N4O2. The molecule has 0 aliphatic carbocycles. The maximum atomic E-state index is 12.6. The zero-order valence-electron chi connectivity index (χ0n) is 13.5. The van der Waals surface area contributed by atoms with Crippen molar-refractivity contribution in [1.29, 1.82) is 0 Å². The van der Waals surface area contributed by atoms with E-state index in [1.54, 1.807) is 0 Å². The number of benzene rings is 1. The fourth-order valence-corrected chi connectivity index (χ4v) is 2.66. The van der Waals surface area contributed by atoms with Crippen LogP contribution in [0.1, 0.15) is 12.8 Å². The number of anilines is 2. The summed E-state index contributed by atoms with van der Waals surface area (Å²) in [4.78, 5) is 8.05. The summed E-state index contributed by atoms with van der Waals surface area (Å²) in [6.07, 6.45) is -1.81. The lowest BCUT2D eigenvalue weighted by molar-refractivity contribution is -0.274. The molecule has 140 valence electrons. The predicted molar refractivity (Wildman–Crippen MR) is 90.0 cm³/mol. The molecule has 2 N–H and O–H groups in total. The van der Waals surface area contributed by atoms with Crippen LogP contribution >= 0.6 is 11.6 Å². The Kier molecular flexibility index (Phi) is 5.67. The lowest BCUT2D eigenvalue weighted by Crippen LogP contribution is -2.34.